The highest BCUT2D eigenvalue weighted by Crippen LogP contribution is 2.51. The van der Waals surface area contributed by atoms with E-state index in [2.05, 4.69) is 92.7 Å². The van der Waals surface area contributed by atoms with Gasteiger partial charge in [-0.25, -0.2) is 0 Å². The van der Waals surface area contributed by atoms with Crippen molar-refractivity contribution in [1.82, 2.24) is 20.4 Å². The number of aromatic nitrogens is 2. The molecule has 1 amide bonds. The van der Waals surface area contributed by atoms with Gasteiger partial charge in [-0.1, -0.05) is 45.9 Å². The second-order valence-corrected chi connectivity index (χ2v) is 11.4. The Morgan fingerprint density at radius 1 is 1.21 bits per heavy atom. The predicted molar refractivity (Wildman–Crippen MR) is 133 cm³/mol. The number of nitrogens with one attached hydrogen (secondary N) is 2. The van der Waals surface area contributed by atoms with Crippen LogP contribution in [0.25, 0.3) is 11.3 Å². The van der Waals surface area contributed by atoms with Crippen molar-refractivity contribution < 1.29 is 4.79 Å². The van der Waals surface area contributed by atoms with Crippen LogP contribution in [0.4, 0.5) is 0 Å². The summed E-state index contributed by atoms with van der Waals surface area (Å²) in [5.74, 6) is -0.0206. The Balaban J connectivity index is 1.71. The Kier molecular flexibility index (Phi) is 4.90. The fourth-order valence-electron chi connectivity index (χ4n) is 5.65. The minimum absolute atomic E-state index is 0.0206. The quantitative estimate of drug-likeness (QED) is 0.689. The van der Waals surface area contributed by atoms with Crippen molar-refractivity contribution in [3.8, 4) is 11.3 Å². The van der Waals surface area contributed by atoms with Gasteiger partial charge in [-0.15, -0.1) is 0 Å². The Hall–Kier alpha value is -3.22. The Morgan fingerprint density at radius 3 is 2.65 bits per heavy atom. The van der Waals surface area contributed by atoms with E-state index < -0.39 is 5.41 Å². The third-order valence-electron chi connectivity index (χ3n) is 7.33. The van der Waals surface area contributed by atoms with E-state index in [1.807, 2.05) is 17.9 Å². The van der Waals surface area contributed by atoms with E-state index in [9.17, 15) is 4.79 Å². The van der Waals surface area contributed by atoms with Gasteiger partial charge in [0.1, 0.15) is 0 Å². The van der Waals surface area contributed by atoms with Gasteiger partial charge in [0.2, 0.25) is 0 Å². The lowest BCUT2D eigenvalue weighted by Gasteiger charge is -2.48. The standard InChI is InChI=1S/C27H34N6O/c1-8-27(17-11-9-10-16(12-17)20-13-21(25(2,3)4)32-33(20)7)18-15-28-31-23(18)29-19-14-26(5,6)30-24(34)22(19)27/h9-13,15,23,29H,8,14H2,1-7H3,(H,30,34)/t23?,27-/m1/s1. The highest BCUT2D eigenvalue weighted by atomic mass is 16.2. The second kappa shape index (κ2) is 7.39. The van der Waals surface area contributed by atoms with Crippen molar-refractivity contribution >= 4 is 5.91 Å². The number of hydrogen-bond donors (Lipinski definition) is 2. The molecule has 7 nitrogen and oxygen atoms in total. The SMILES string of the molecule is CC[C@@]1(c2cccc(-c3cc(C(C)(C)C)nn3C)c2)C2=CN=NC2NC2=C1C(=O)NC(C)(C)C2. The molecule has 1 aromatic heterocycles. The lowest BCUT2D eigenvalue weighted by Crippen LogP contribution is -2.58. The van der Waals surface area contributed by atoms with E-state index >= 15 is 0 Å². The average molecular weight is 459 g/mol. The van der Waals surface area contributed by atoms with Crippen molar-refractivity contribution in [3.05, 3.63) is 64.6 Å². The monoisotopic (exact) mass is 458 g/mol. The van der Waals surface area contributed by atoms with E-state index in [1.165, 1.54) is 0 Å². The summed E-state index contributed by atoms with van der Waals surface area (Å²) in [5, 5.41) is 20.2. The Bertz CT molecular complexity index is 1270. The van der Waals surface area contributed by atoms with Crippen molar-refractivity contribution in [3.63, 3.8) is 0 Å². The molecular weight excluding hydrogens is 424 g/mol. The molecule has 5 rings (SSSR count). The molecule has 34 heavy (non-hydrogen) atoms. The van der Waals surface area contributed by atoms with Crippen LogP contribution in [0.15, 0.2) is 63.6 Å². The molecule has 2 N–H and O–H groups in total. The van der Waals surface area contributed by atoms with E-state index in [0.717, 1.165) is 52.2 Å². The molecular formula is C27H34N6O. The van der Waals surface area contributed by atoms with E-state index in [1.54, 1.807) is 0 Å². The van der Waals surface area contributed by atoms with Crippen molar-refractivity contribution in [2.45, 2.75) is 76.9 Å². The molecule has 1 unspecified atom stereocenters. The number of amides is 1. The van der Waals surface area contributed by atoms with Gasteiger partial charge in [0.05, 0.1) is 28.6 Å². The summed E-state index contributed by atoms with van der Waals surface area (Å²) in [6, 6.07) is 10.7. The predicted octanol–water partition coefficient (Wildman–Crippen LogP) is 4.86. The zero-order valence-corrected chi connectivity index (χ0v) is 21.2. The molecule has 0 saturated heterocycles. The maximum absolute atomic E-state index is 13.6. The third-order valence-corrected chi connectivity index (χ3v) is 7.33. The highest BCUT2D eigenvalue weighted by Gasteiger charge is 2.53. The maximum atomic E-state index is 13.6. The second-order valence-electron chi connectivity index (χ2n) is 11.4. The molecule has 0 spiro atoms. The minimum atomic E-state index is -0.600. The van der Waals surface area contributed by atoms with Gasteiger partial charge in [0, 0.05) is 41.3 Å². The number of benzene rings is 1. The first-order chi connectivity index (χ1) is 16.0. The van der Waals surface area contributed by atoms with Gasteiger partial charge in [-0.3, -0.25) is 9.48 Å². The summed E-state index contributed by atoms with van der Waals surface area (Å²) >= 11 is 0. The lowest BCUT2D eigenvalue weighted by molar-refractivity contribution is -0.120. The zero-order valence-electron chi connectivity index (χ0n) is 21.2. The van der Waals surface area contributed by atoms with E-state index in [-0.39, 0.29) is 23.0 Å². The number of aryl methyl sites for hydroxylation is 1. The third kappa shape index (κ3) is 3.32. The van der Waals surface area contributed by atoms with Gasteiger partial charge < -0.3 is 10.6 Å². The molecule has 1 aromatic carbocycles. The van der Waals surface area contributed by atoms with Crippen LogP contribution in [0, 0.1) is 0 Å². The van der Waals surface area contributed by atoms with E-state index in [0.29, 0.717) is 0 Å². The Labute approximate surface area is 201 Å². The van der Waals surface area contributed by atoms with Crippen molar-refractivity contribution in [2.75, 3.05) is 0 Å². The number of carbonyl (C=O) groups excluding carboxylic acids is 1. The number of hydrogen-bond acceptors (Lipinski definition) is 5. The summed E-state index contributed by atoms with van der Waals surface area (Å²) in [6.07, 6.45) is 3.06. The smallest absolute Gasteiger partial charge is 0.250 e. The summed E-state index contributed by atoms with van der Waals surface area (Å²) < 4.78 is 1.95. The van der Waals surface area contributed by atoms with Gasteiger partial charge in [-0.05, 0) is 38.0 Å². The number of rotatable bonds is 3. The molecule has 178 valence electrons. The van der Waals surface area contributed by atoms with Crippen LogP contribution in [0.2, 0.25) is 0 Å². The fourth-order valence-corrected chi connectivity index (χ4v) is 5.65. The van der Waals surface area contributed by atoms with Crippen LogP contribution in [0.5, 0.6) is 0 Å². The molecule has 0 bridgehead atoms. The lowest BCUT2D eigenvalue weighted by atomic mass is 9.62. The normalized spacial score (nSPS) is 25.4. The number of nitrogens with zero attached hydrogens (tertiary/aromatic N) is 4. The minimum Gasteiger partial charge on any atom is -0.362 e. The molecule has 0 radical (unpaired) electrons. The van der Waals surface area contributed by atoms with Crippen LogP contribution in [0.1, 0.15) is 65.6 Å². The van der Waals surface area contributed by atoms with Gasteiger partial charge in [-0.2, -0.15) is 15.3 Å². The van der Waals surface area contributed by atoms with Crippen LogP contribution in [-0.2, 0) is 22.7 Å². The first kappa shape index (κ1) is 22.6. The Morgan fingerprint density at radius 2 is 1.97 bits per heavy atom. The maximum Gasteiger partial charge on any atom is 0.250 e. The summed E-state index contributed by atoms with van der Waals surface area (Å²) in [6.45, 7) is 12.8. The summed E-state index contributed by atoms with van der Waals surface area (Å²) in [7, 11) is 1.99. The first-order valence-corrected chi connectivity index (χ1v) is 12.0. The molecule has 3 aliphatic heterocycles. The van der Waals surface area contributed by atoms with Crippen LogP contribution in [-0.4, -0.2) is 27.4 Å². The van der Waals surface area contributed by atoms with Crippen molar-refractivity contribution in [2.24, 2.45) is 17.3 Å². The van der Waals surface area contributed by atoms with Crippen LogP contribution >= 0.6 is 0 Å². The number of fused-ring (bicyclic) bond motifs is 1. The van der Waals surface area contributed by atoms with Crippen LogP contribution < -0.4 is 10.6 Å². The largest absolute Gasteiger partial charge is 0.362 e. The molecule has 2 aromatic rings. The molecule has 7 heteroatoms. The summed E-state index contributed by atoms with van der Waals surface area (Å²) in [4.78, 5) is 13.6. The summed E-state index contributed by atoms with van der Waals surface area (Å²) in [5.41, 5.74) is 6.11. The highest BCUT2D eigenvalue weighted by molar-refractivity contribution is 6.00. The van der Waals surface area contributed by atoms with Gasteiger partial charge in [0.25, 0.3) is 5.91 Å². The van der Waals surface area contributed by atoms with Crippen molar-refractivity contribution in [1.29, 1.82) is 0 Å². The number of azo groups is 1. The van der Waals surface area contributed by atoms with Crippen LogP contribution in [0.3, 0.4) is 0 Å². The zero-order chi connectivity index (χ0) is 24.5. The molecule has 3 aliphatic rings. The molecule has 0 saturated carbocycles. The molecule has 4 heterocycles. The van der Waals surface area contributed by atoms with Gasteiger partial charge >= 0.3 is 0 Å². The topological polar surface area (TPSA) is 83.7 Å². The molecule has 0 fully saturated rings. The van der Waals surface area contributed by atoms with Gasteiger partial charge in [0.15, 0.2) is 6.17 Å². The van der Waals surface area contributed by atoms with E-state index in [4.69, 9.17) is 5.10 Å². The average Bonchev–Trinajstić information content (AvgIpc) is 3.38. The fraction of sp³-hybridized carbons (Fsp3) is 0.481. The molecule has 2 atom stereocenters. The molecule has 0 aliphatic carbocycles. The first-order valence-electron chi connectivity index (χ1n) is 12.0. The number of carbonyl (C=O) groups is 1.